The maximum absolute atomic E-state index is 11.7. The van der Waals surface area contributed by atoms with Crippen molar-refractivity contribution >= 4 is 5.91 Å². The predicted octanol–water partition coefficient (Wildman–Crippen LogP) is 2.90. The van der Waals surface area contributed by atoms with Crippen LogP contribution in [-0.2, 0) is 10.2 Å². The van der Waals surface area contributed by atoms with E-state index in [0.29, 0.717) is 6.42 Å². The van der Waals surface area contributed by atoms with Crippen molar-refractivity contribution in [3.05, 3.63) is 35.4 Å². The van der Waals surface area contributed by atoms with Crippen LogP contribution in [0.2, 0.25) is 0 Å². The fourth-order valence-electron chi connectivity index (χ4n) is 1.93. The average Bonchev–Trinajstić information content (AvgIpc) is 2.26. The van der Waals surface area contributed by atoms with E-state index in [1.165, 1.54) is 5.56 Å². The number of carbonyl (C=O) groups is 1. The summed E-state index contributed by atoms with van der Waals surface area (Å²) in [4.78, 5) is 11.7. The lowest BCUT2D eigenvalue weighted by Crippen LogP contribution is -2.32. The summed E-state index contributed by atoms with van der Waals surface area (Å²) in [7, 11) is 0. The highest BCUT2D eigenvalue weighted by Gasteiger charge is 2.15. The summed E-state index contributed by atoms with van der Waals surface area (Å²) in [6.45, 7) is 10.4. The van der Waals surface area contributed by atoms with E-state index >= 15 is 0 Å². The topological polar surface area (TPSA) is 55.1 Å². The van der Waals surface area contributed by atoms with Crippen molar-refractivity contribution in [3.8, 4) is 0 Å². The van der Waals surface area contributed by atoms with Crippen molar-refractivity contribution < 1.29 is 4.79 Å². The maximum atomic E-state index is 11.7. The summed E-state index contributed by atoms with van der Waals surface area (Å²) in [5.41, 5.74) is 8.49. The van der Waals surface area contributed by atoms with Crippen LogP contribution in [0.25, 0.3) is 0 Å². The van der Waals surface area contributed by atoms with Gasteiger partial charge in [-0.1, -0.05) is 45.0 Å². The molecule has 1 aromatic carbocycles. The minimum Gasteiger partial charge on any atom is -0.354 e. The van der Waals surface area contributed by atoms with Crippen LogP contribution >= 0.6 is 0 Å². The molecule has 1 amide bonds. The third-order valence-corrected chi connectivity index (χ3v) is 3.06. The molecular weight excluding hydrogens is 236 g/mol. The third kappa shape index (κ3) is 5.03. The lowest BCUT2D eigenvalue weighted by molar-refractivity contribution is -0.121. The van der Waals surface area contributed by atoms with Crippen LogP contribution in [0.4, 0.5) is 0 Å². The Morgan fingerprint density at radius 3 is 2.16 bits per heavy atom. The summed E-state index contributed by atoms with van der Waals surface area (Å²) in [5, 5.41) is 2.86. The molecule has 1 unspecified atom stereocenters. The zero-order chi connectivity index (χ0) is 14.6. The molecule has 0 radical (unpaired) electrons. The first-order valence-electron chi connectivity index (χ1n) is 6.85. The Morgan fingerprint density at radius 2 is 1.74 bits per heavy atom. The number of hydrogen-bond donors (Lipinski definition) is 2. The lowest BCUT2D eigenvalue weighted by Gasteiger charge is -2.20. The first-order chi connectivity index (χ1) is 8.70. The van der Waals surface area contributed by atoms with E-state index in [2.05, 4.69) is 38.2 Å². The molecule has 3 nitrogen and oxygen atoms in total. The van der Waals surface area contributed by atoms with Gasteiger partial charge in [0.25, 0.3) is 0 Å². The molecule has 106 valence electrons. The molecule has 0 saturated heterocycles. The summed E-state index contributed by atoms with van der Waals surface area (Å²) in [6, 6.07) is 8.14. The Kier molecular flexibility index (Phi) is 5.12. The van der Waals surface area contributed by atoms with Crippen LogP contribution in [0.3, 0.4) is 0 Å². The number of amides is 1. The second kappa shape index (κ2) is 6.20. The number of rotatable bonds is 4. The van der Waals surface area contributed by atoms with Crippen molar-refractivity contribution in [2.24, 2.45) is 5.73 Å². The fraction of sp³-hybridized carbons (Fsp3) is 0.562. The Hall–Kier alpha value is -1.35. The van der Waals surface area contributed by atoms with E-state index in [1.807, 2.05) is 26.0 Å². The van der Waals surface area contributed by atoms with Gasteiger partial charge in [0, 0.05) is 18.5 Å². The molecule has 0 aliphatic heterocycles. The highest BCUT2D eigenvalue weighted by Crippen LogP contribution is 2.24. The van der Waals surface area contributed by atoms with Gasteiger partial charge in [0.2, 0.25) is 5.91 Å². The summed E-state index contributed by atoms with van der Waals surface area (Å²) in [5.74, 6) is 0.00222. The van der Waals surface area contributed by atoms with E-state index in [1.54, 1.807) is 0 Å². The summed E-state index contributed by atoms with van der Waals surface area (Å²) < 4.78 is 0. The molecule has 1 rings (SSSR count). The molecule has 0 aliphatic carbocycles. The van der Waals surface area contributed by atoms with Crippen molar-refractivity contribution in [3.63, 3.8) is 0 Å². The second-order valence-corrected chi connectivity index (χ2v) is 6.40. The lowest BCUT2D eigenvalue weighted by atomic mass is 9.86. The molecule has 0 heterocycles. The summed E-state index contributed by atoms with van der Waals surface area (Å²) in [6.07, 6.45) is 0.326. The number of carbonyl (C=O) groups excluding carboxylic acids is 1. The third-order valence-electron chi connectivity index (χ3n) is 3.06. The standard InChI is InChI=1S/C16H26N2O/c1-11(2)18-15(19)10-14(17)12-6-8-13(9-7-12)16(3,4)5/h6-9,11,14H,10,17H2,1-5H3,(H,18,19). The first-order valence-corrected chi connectivity index (χ1v) is 6.85. The van der Waals surface area contributed by atoms with Gasteiger partial charge in [-0.15, -0.1) is 0 Å². The van der Waals surface area contributed by atoms with Crippen molar-refractivity contribution in [2.75, 3.05) is 0 Å². The molecule has 0 aromatic heterocycles. The highest BCUT2D eigenvalue weighted by atomic mass is 16.1. The molecule has 3 N–H and O–H groups in total. The van der Waals surface area contributed by atoms with Gasteiger partial charge in [-0.25, -0.2) is 0 Å². The smallest absolute Gasteiger partial charge is 0.222 e. The van der Waals surface area contributed by atoms with Gasteiger partial charge in [0.1, 0.15) is 0 Å². The van der Waals surface area contributed by atoms with E-state index in [-0.39, 0.29) is 23.4 Å². The largest absolute Gasteiger partial charge is 0.354 e. The van der Waals surface area contributed by atoms with Crippen molar-refractivity contribution in [1.29, 1.82) is 0 Å². The molecular formula is C16H26N2O. The molecule has 19 heavy (non-hydrogen) atoms. The van der Waals surface area contributed by atoms with Gasteiger partial charge in [-0.05, 0) is 30.4 Å². The second-order valence-electron chi connectivity index (χ2n) is 6.40. The van der Waals surface area contributed by atoms with Gasteiger partial charge in [-0.3, -0.25) is 4.79 Å². The zero-order valence-corrected chi connectivity index (χ0v) is 12.7. The fourth-order valence-corrected chi connectivity index (χ4v) is 1.93. The van der Waals surface area contributed by atoms with Gasteiger partial charge >= 0.3 is 0 Å². The number of nitrogens with two attached hydrogens (primary N) is 1. The van der Waals surface area contributed by atoms with E-state index in [4.69, 9.17) is 5.73 Å². The molecule has 1 atom stereocenters. The van der Waals surface area contributed by atoms with Crippen molar-refractivity contribution in [1.82, 2.24) is 5.32 Å². The van der Waals surface area contributed by atoms with Crippen molar-refractivity contribution in [2.45, 2.75) is 58.5 Å². The number of hydrogen-bond acceptors (Lipinski definition) is 2. The molecule has 0 aliphatic rings. The quantitative estimate of drug-likeness (QED) is 0.876. The zero-order valence-electron chi connectivity index (χ0n) is 12.7. The minimum absolute atomic E-state index is 0.00222. The first kappa shape index (κ1) is 15.7. The Morgan fingerprint density at radius 1 is 1.21 bits per heavy atom. The number of nitrogens with one attached hydrogen (secondary N) is 1. The monoisotopic (exact) mass is 262 g/mol. The summed E-state index contributed by atoms with van der Waals surface area (Å²) >= 11 is 0. The van der Waals surface area contributed by atoms with Gasteiger partial charge < -0.3 is 11.1 Å². The highest BCUT2D eigenvalue weighted by molar-refractivity contribution is 5.77. The molecule has 0 fully saturated rings. The maximum Gasteiger partial charge on any atom is 0.222 e. The van der Waals surface area contributed by atoms with Gasteiger partial charge in [-0.2, -0.15) is 0 Å². The van der Waals surface area contributed by atoms with E-state index in [0.717, 1.165) is 5.56 Å². The van der Waals surface area contributed by atoms with E-state index in [9.17, 15) is 4.79 Å². The van der Waals surface area contributed by atoms with Crippen LogP contribution in [0.15, 0.2) is 24.3 Å². The van der Waals surface area contributed by atoms with Crippen LogP contribution in [0.1, 0.15) is 58.2 Å². The number of benzene rings is 1. The predicted molar refractivity (Wildman–Crippen MR) is 80.0 cm³/mol. The van der Waals surface area contributed by atoms with Crippen LogP contribution in [-0.4, -0.2) is 11.9 Å². The van der Waals surface area contributed by atoms with Crippen LogP contribution in [0, 0.1) is 0 Å². The minimum atomic E-state index is -0.243. The Bertz CT molecular complexity index is 415. The van der Waals surface area contributed by atoms with Crippen LogP contribution in [0.5, 0.6) is 0 Å². The SMILES string of the molecule is CC(C)NC(=O)CC(N)c1ccc(C(C)(C)C)cc1. The molecule has 0 saturated carbocycles. The molecule has 0 bridgehead atoms. The van der Waals surface area contributed by atoms with Gasteiger partial charge in [0.15, 0.2) is 0 Å². The Balaban J connectivity index is 2.68. The normalized spacial score (nSPS) is 13.4. The Labute approximate surface area is 116 Å². The average molecular weight is 262 g/mol. The van der Waals surface area contributed by atoms with E-state index < -0.39 is 0 Å². The van der Waals surface area contributed by atoms with Gasteiger partial charge in [0.05, 0.1) is 0 Å². The van der Waals surface area contributed by atoms with Crippen LogP contribution < -0.4 is 11.1 Å². The molecule has 3 heteroatoms. The molecule has 0 spiro atoms. The molecule has 1 aromatic rings.